The van der Waals surface area contributed by atoms with Crippen molar-refractivity contribution in [1.82, 2.24) is 10.6 Å². The van der Waals surface area contributed by atoms with Gasteiger partial charge in [-0.25, -0.2) is 0 Å². The van der Waals surface area contributed by atoms with Crippen LogP contribution < -0.4 is 10.6 Å². The molecule has 0 atom stereocenters. The molecule has 1 aromatic rings. The number of amides is 1. The van der Waals surface area contributed by atoms with Crippen molar-refractivity contribution < 1.29 is 9.90 Å². The number of hydrogen-bond donors (Lipinski definition) is 3. The van der Waals surface area contributed by atoms with E-state index in [0.717, 1.165) is 17.7 Å². The summed E-state index contributed by atoms with van der Waals surface area (Å²) in [6, 6.07) is 4.00. The van der Waals surface area contributed by atoms with Gasteiger partial charge in [0.1, 0.15) is 5.75 Å². The number of hydrogen-bond acceptors (Lipinski definition) is 3. The number of aromatic hydroxyl groups is 1. The molecule has 0 saturated heterocycles. The van der Waals surface area contributed by atoms with Crippen LogP contribution in [0.1, 0.15) is 31.0 Å². The number of carbonyl (C=O) groups excluding carboxylic acids is 1. The number of phenolic OH excluding ortho intramolecular Hbond substituents is 1. The van der Waals surface area contributed by atoms with E-state index in [-0.39, 0.29) is 13.3 Å². The van der Waals surface area contributed by atoms with Crippen LogP contribution in [0.4, 0.5) is 0 Å². The molecule has 4 nitrogen and oxygen atoms in total. The molecule has 0 aliphatic carbocycles. The maximum Gasteiger partial charge on any atom is 0.216 e. The fourth-order valence-corrected chi connectivity index (χ4v) is 1.35. The minimum atomic E-state index is 0. The highest BCUT2D eigenvalue weighted by Gasteiger charge is 2.01. The molecule has 18 heavy (non-hydrogen) atoms. The minimum Gasteiger partial charge on any atom is -0.507 e. The van der Waals surface area contributed by atoms with Crippen LogP contribution in [0, 0.1) is 13.8 Å². The van der Waals surface area contributed by atoms with E-state index in [4.69, 9.17) is 0 Å². The summed E-state index contributed by atoms with van der Waals surface area (Å²) in [6.07, 6.45) is 0. The van der Waals surface area contributed by atoms with E-state index >= 15 is 0 Å². The Morgan fingerprint density at radius 3 is 1.89 bits per heavy atom. The molecule has 4 heteroatoms. The summed E-state index contributed by atoms with van der Waals surface area (Å²) < 4.78 is 0. The fraction of sp³-hybridized carbons (Fsp3) is 0.500. The van der Waals surface area contributed by atoms with E-state index in [0.29, 0.717) is 5.75 Å². The molecule has 104 valence electrons. The van der Waals surface area contributed by atoms with Crippen molar-refractivity contribution in [3.63, 3.8) is 0 Å². The molecule has 3 N–H and O–H groups in total. The van der Waals surface area contributed by atoms with Crippen molar-refractivity contribution in [3.8, 4) is 5.75 Å². The third-order valence-corrected chi connectivity index (χ3v) is 2.28. The molecule has 0 aliphatic heterocycles. The van der Waals surface area contributed by atoms with Crippen molar-refractivity contribution in [1.29, 1.82) is 0 Å². The first kappa shape index (κ1) is 18.8. The molecule has 0 unspecified atom stereocenters. The second kappa shape index (κ2) is 9.48. The van der Waals surface area contributed by atoms with Gasteiger partial charge in [0, 0.05) is 20.5 Å². The highest BCUT2D eigenvalue weighted by Crippen LogP contribution is 2.22. The van der Waals surface area contributed by atoms with E-state index in [2.05, 4.69) is 10.6 Å². The molecule has 0 aliphatic rings. The Bertz CT molecular complexity index is 353. The number of phenols is 1. The molecule has 0 saturated carbocycles. The lowest BCUT2D eigenvalue weighted by atomic mass is 10.1. The lowest BCUT2D eigenvalue weighted by Gasteiger charge is -2.06. The molecular weight excluding hydrogens is 228 g/mol. The lowest BCUT2D eigenvalue weighted by molar-refractivity contribution is -0.118. The summed E-state index contributed by atoms with van der Waals surface area (Å²) in [5.74, 6) is 0.417. The summed E-state index contributed by atoms with van der Waals surface area (Å²) in [6.45, 7) is 6.16. The Hall–Kier alpha value is -1.55. The smallest absolute Gasteiger partial charge is 0.216 e. The number of nitrogens with one attached hydrogen (secondary N) is 2. The average molecular weight is 254 g/mol. The minimum absolute atomic E-state index is 0. The summed E-state index contributed by atoms with van der Waals surface area (Å²) in [5, 5.41) is 14.9. The SMILES string of the molecule is C.CNC(C)=O.CNCc1cc(C)c(O)c(C)c1. The zero-order valence-electron chi connectivity index (χ0n) is 11.2. The second-order valence-electron chi connectivity index (χ2n) is 3.91. The standard InChI is InChI=1S/C10H15NO.C3H7NO.CH4/c1-7-4-9(6-11-3)5-8(2)10(7)12;1-3(5)4-2;/h4-5,11-12H,6H2,1-3H3;1-2H3,(H,4,5);1H4. The third-order valence-electron chi connectivity index (χ3n) is 2.28. The zero-order chi connectivity index (χ0) is 13.4. The molecule has 0 aromatic heterocycles. The molecule has 1 aromatic carbocycles. The van der Waals surface area contributed by atoms with E-state index in [1.165, 1.54) is 12.5 Å². The number of carbonyl (C=O) groups is 1. The normalized spacial score (nSPS) is 8.72. The first-order valence-electron chi connectivity index (χ1n) is 5.54. The predicted molar refractivity (Wildman–Crippen MR) is 76.8 cm³/mol. The van der Waals surface area contributed by atoms with Gasteiger partial charge in [0.05, 0.1) is 0 Å². The van der Waals surface area contributed by atoms with Crippen molar-refractivity contribution in [2.24, 2.45) is 0 Å². The maximum absolute atomic E-state index is 9.70. The van der Waals surface area contributed by atoms with Crippen LogP contribution >= 0.6 is 0 Å². The van der Waals surface area contributed by atoms with Crippen LogP contribution in [0.2, 0.25) is 0 Å². The van der Waals surface area contributed by atoms with Gasteiger partial charge in [-0.2, -0.15) is 0 Å². The van der Waals surface area contributed by atoms with Crippen LogP contribution in [0.3, 0.4) is 0 Å². The Kier molecular flexibility index (Phi) is 9.90. The van der Waals surface area contributed by atoms with Gasteiger partial charge >= 0.3 is 0 Å². The van der Waals surface area contributed by atoms with Crippen LogP contribution in [0.5, 0.6) is 5.75 Å². The molecule has 0 bridgehead atoms. The van der Waals surface area contributed by atoms with Gasteiger partial charge in [0.25, 0.3) is 0 Å². The quantitative estimate of drug-likeness (QED) is 0.757. The fourth-order valence-electron chi connectivity index (χ4n) is 1.35. The topological polar surface area (TPSA) is 61.4 Å². The first-order valence-corrected chi connectivity index (χ1v) is 5.54. The third kappa shape index (κ3) is 6.91. The Labute approximate surface area is 110 Å². The van der Waals surface area contributed by atoms with Crippen molar-refractivity contribution in [2.75, 3.05) is 14.1 Å². The van der Waals surface area contributed by atoms with Crippen molar-refractivity contribution in [2.45, 2.75) is 34.7 Å². The summed E-state index contributed by atoms with van der Waals surface area (Å²) in [5.41, 5.74) is 3.10. The number of aryl methyl sites for hydroxylation is 2. The zero-order valence-corrected chi connectivity index (χ0v) is 11.2. The second-order valence-corrected chi connectivity index (χ2v) is 3.91. The Morgan fingerprint density at radius 2 is 1.61 bits per heavy atom. The number of rotatable bonds is 2. The van der Waals surface area contributed by atoms with Gasteiger partial charge < -0.3 is 15.7 Å². The lowest BCUT2D eigenvalue weighted by Crippen LogP contribution is -2.11. The average Bonchev–Trinajstić information content (AvgIpc) is 2.27. The molecular formula is C14H26N2O2. The highest BCUT2D eigenvalue weighted by molar-refractivity contribution is 5.72. The van der Waals surface area contributed by atoms with Crippen molar-refractivity contribution in [3.05, 3.63) is 28.8 Å². The molecule has 1 rings (SSSR count). The molecule has 0 heterocycles. The summed E-state index contributed by atoms with van der Waals surface area (Å²) in [7, 11) is 3.51. The molecule has 0 fully saturated rings. The van der Waals surface area contributed by atoms with Gasteiger partial charge in [-0.3, -0.25) is 4.79 Å². The predicted octanol–water partition coefficient (Wildman–Crippen LogP) is 2.12. The van der Waals surface area contributed by atoms with Gasteiger partial charge in [-0.15, -0.1) is 0 Å². The van der Waals surface area contributed by atoms with Gasteiger partial charge in [-0.05, 0) is 37.6 Å². The van der Waals surface area contributed by atoms with Crippen LogP contribution in [0.15, 0.2) is 12.1 Å². The Morgan fingerprint density at radius 1 is 1.22 bits per heavy atom. The monoisotopic (exact) mass is 254 g/mol. The summed E-state index contributed by atoms with van der Waals surface area (Å²) in [4.78, 5) is 9.70. The maximum atomic E-state index is 9.70. The van der Waals surface area contributed by atoms with E-state index in [9.17, 15) is 9.90 Å². The van der Waals surface area contributed by atoms with Crippen molar-refractivity contribution >= 4 is 5.91 Å². The van der Waals surface area contributed by atoms with E-state index < -0.39 is 0 Å². The van der Waals surface area contributed by atoms with Crippen LogP contribution in [-0.2, 0) is 11.3 Å². The first-order chi connectivity index (χ1) is 7.92. The molecule has 0 spiro atoms. The highest BCUT2D eigenvalue weighted by atomic mass is 16.3. The van der Waals surface area contributed by atoms with Gasteiger partial charge in [0.15, 0.2) is 0 Å². The Balaban J connectivity index is 0. The largest absolute Gasteiger partial charge is 0.507 e. The van der Waals surface area contributed by atoms with E-state index in [1.54, 1.807) is 7.05 Å². The van der Waals surface area contributed by atoms with Gasteiger partial charge in [0.2, 0.25) is 5.91 Å². The molecule has 1 amide bonds. The van der Waals surface area contributed by atoms with Crippen LogP contribution in [0.25, 0.3) is 0 Å². The van der Waals surface area contributed by atoms with Crippen LogP contribution in [-0.4, -0.2) is 25.1 Å². The van der Waals surface area contributed by atoms with E-state index in [1.807, 2.05) is 33.0 Å². The van der Waals surface area contributed by atoms with Gasteiger partial charge in [-0.1, -0.05) is 19.6 Å². The number of benzene rings is 1. The summed E-state index contributed by atoms with van der Waals surface area (Å²) >= 11 is 0. The molecule has 0 radical (unpaired) electrons.